The van der Waals surface area contributed by atoms with Gasteiger partial charge in [-0.05, 0) is 37.9 Å². The summed E-state index contributed by atoms with van der Waals surface area (Å²) in [5, 5.41) is 4.52. The highest BCUT2D eigenvalue weighted by Gasteiger charge is 2.07. The molecular formula is C12H16N2. The molecule has 0 aliphatic carbocycles. The Hall–Kier alpha value is -1.28. The predicted molar refractivity (Wildman–Crippen MR) is 60.5 cm³/mol. The van der Waals surface area contributed by atoms with Gasteiger partial charge in [-0.15, -0.1) is 0 Å². The van der Waals surface area contributed by atoms with Gasteiger partial charge in [0.1, 0.15) is 0 Å². The Morgan fingerprint density at radius 3 is 2.79 bits per heavy atom. The van der Waals surface area contributed by atoms with Gasteiger partial charge in [0.25, 0.3) is 0 Å². The molecule has 2 aromatic rings. The first-order valence-corrected chi connectivity index (χ1v) is 4.98. The standard InChI is InChI=1S/C12H16N2/c1-8-5-4-6-10-7-11(9(2)13-3)14-12(8)10/h4-7,9,13-14H,1-3H3/t9-/m0/s1. The maximum atomic E-state index is 3.45. The molecule has 74 valence electrons. The maximum absolute atomic E-state index is 3.45. The molecule has 14 heavy (non-hydrogen) atoms. The van der Waals surface area contributed by atoms with Gasteiger partial charge >= 0.3 is 0 Å². The number of aryl methyl sites for hydroxylation is 1. The van der Waals surface area contributed by atoms with Crippen LogP contribution >= 0.6 is 0 Å². The summed E-state index contributed by atoms with van der Waals surface area (Å²) in [6, 6.07) is 8.96. The number of hydrogen-bond donors (Lipinski definition) is 2. The van der Waals surface area contributed by atoms with Crippen molar-refractivity contribution in [2.24, 2.45) is 0 Å². The lowest BCUT2D eigenvalue weighted by atomic mass is 10.1. The van der Waals surface area contributed by atoms with Crippen molar-refractivity contribution >= 4 is 10.9 Å². The molecule has 0 unspecified atom stereocenters. The minimum absolute atomic E-state index is 0.377. The number of para-hydroxylation sites is 1. The molecule has 2 nitrogen and oxygen atoms in total. The number of aromatic nitrogens is 1. The van der Waals surface area contributed by atoms with Gasteiger partial charge in [-0.25, -0.2) is 0 Å². The van der Waals surface area contributed by atoms with Crippen LogP contribution < -0.4 is 5.32 Å². The summed E-state index contributed by atoms with van der Waals surface area (Å²) in [5.41, 5.74) is 3.80. The number of fused-ring (bicyclic) bond motifs is 1. The van der Waals surface area contributed by atoms with E-state index in [1.807, 2.05) is 7.05 Å². The van der Waals surface area contributed by atoms with E-state index in [1.165, 1.54) is 22.2 Å². The van der Waals surface area contributed by atoms with E-state index in [4.69, 9.17) is 0 Å². The fourth-order valence-corrected chi connectivity index (χ4v) is 1.72. The average molecular weight is 188 g/mol. The van der Waals surface area contributed by atoms with Crippen molar-refractivity contribution in [1.82, 2.24) is 10.3 Å². The Morgan fingerprint density at radius 2 is 2.14 bits per heavy atom. The fourth-order valence-electron chi connectivity index (χ4n) is 1.72. The summed E-state index contributed by atoms with van der Waals surface area (Å²) in [5.74, 6) is 0. The quantitative estimate of drug-likeness (QED) is 0.745. The second-order valence-corrected chi connectivity index (χ2v) is 3.77. The SMILES string of the molecule is CN[C@@H](C)c1cc2cccc(C)c2[nH]1. The van der Waals surface area contributed by atoms with Crippen LogP contribution in [-0.4, -0.2) is 12.0 Å². The molecule has 1 aromatic carbocycles. The second kappa shape index (κ2) is 3.46. The van der Waals surface area contributed by atoms with Gasteiger partial charge in [0, 0.05) is 17.3 Å². The van der Waals surface area contributed by atoms with Crippen LogP contribution in [0.2, 0.25) is 0 Å². The summed E-state index contributed by atoms with van der Waals surface area (Å²) >= 11 is 0. The minimum atomic E-state index is 0.377. The molecule has 2 rings (SSSR count). The van der Waals surface area contributed by atoms with Gasteiger partial charge < -0.3 is 10.3 Å². The molecule has 0 radical (unpaired) electrons. The van der Waals surface area contributed by atoms with Crippen LogP contribution in [0.25, 0.3) is 10.9 Å². The van der Waals surface area contributed by atoms with Crippen LogP contribution in [0.15, 0.2) is 24.3 Å². The Bertz CT molecular complexity index is 443. The smallest absolute Gasteiger partial charge is 0.0486 e. The van der Waals surface area contributed by atoms with E-state index in [2.05, 4.69) is 48.4 Å². The van der Waals surface area contributed by atoms with E-state index in [0.717, 1.165) is 0 Å². The van der Waals surface area contributed by atoms with E-state index >= 15 is 0 Å². The highest BCUT2D eigenvalue weighted by molar-refractivity contribution is 5.83. The van der Waals surface area contributed by atoms with Crippen molar-refractivity contribution in [3.05, 3.63) is 35.5 Å². The summed E-state index contributed by atoms with van der Waals surface area (Å²) in [6.07, 6.45) is 0. The molecule has 1 atom stereocenters. The highest BCUT2D eigenvalue weighted by Crippen LogP contribution is 2.21. The molecule has 1 heterocycles. The largest absolute Gasteiger partial charge is 0.357 e. The van der Waals surface area contributed by atoms with Crippen LogP contribution in [0.1, 0.15) is 24.2 Å². The zero-order chi connectivity index (χ0) is 10.1. The second-order valence-electron chi connectivity index (χ2n) is 3.77. The zero-order valence-electron chi connectivity index (χ0n) is 8.89. The van der Waals surface area contributed by atoms with Crippen molar-refractivity contribution in [1.29, 1.82) is 0 Å². The number of aromatic amines is 1. The Morgan fingerprint density at radius 1 is 1.36 bits per heavy atom. The number of H-pyrrole nitrogens is 1. The topological polar surface area (TPSA) is 27.8 Å². The average Bonchev–Trinajstić information content (AvgIpc) is 2.62. The van der Waals surface area contributed by atoms with Gasteiger partial charge in [0.05, 0.1) is 0 Å². The van der Waals surface area contributed by atoms with Crippen LogP contribution in [0.4, 0.5) is 0 Å². The van der Waals surface area contributed by atoms with Crippen molar-refractivity contribution in [3.63, 3.8) is 0 Å². The third-order valence-corrected chi connectivity index (χ3v) is 2.78. The third kappa shape index (κ3) is 1.42. The van der Waals surface area contributed by atoms with E-state index in [0.29, 0.717) is 6.04 Å². The Labute approximate surface area is 84.3 Å². The molecule has 0 saturated carbocycles. The fraction of sp³-hybridized carbons (Fsp3) is 0.333. The lowest BCUT2D eigenvalue weighted by Crippen LogP contribution is -2.12. The number of hydrogen-bond acceptors (Lipinski definition) is 1. The molecule has 0 bridgehead atoms. The Kier molecular flexibility index (Phi) is 2.30. The van der Waals surface area contributed by atoms with Crippen LogP contribution in [0, 0.1) is 6.92 Å². The molecule has 0 amide bonds. The lowest BCUT2D eigenvalue weighted by molar-refractivity contribution is 0.638. The molecule has 2 N–H and O–H groups in total. The highest BCUT2D eigenvalue weighted by atomic mass is 14.9. The molecule has 0 aliphatic rings. The molecule has 2 heteroatoms. The third-order valence-electron chi connectivity index (χ3n) is 2.78. The lowest BCUT2D eigenvalue weighted by Gasteiger charge is -2.06. The predicted octanol–water partition coefficient (Wildman–Crippen LogP) is 2.76. The molecule has 1 aromatic heterocycles. The van der Waals surface area contributed by atoms with Crippen molar-refractivity contribution in [2.45, 2.75) is 19.9 Å². The maximum Gasteiger partial charge on any atom is 0.0486 e. The van der Waals surface area contributed by atoms with Crippen molar-refractivity contribution in [3.8, 4) is 0 Å². The van der Waals surface area contributed by atoms with Gasteiger partial charge in [-0.2, -0.15) is 0 Å². The molecule has 0 aliphatic heterocycles. The number of nitrogens with one attached hydrogen (secondary N) is 2. The Balaban J connectivity index is 2.56. The minimum Gasteiger partial charge on any atom is -0.357 e. The molecular weight excluding hydrogens is 172 g/mol. The first-order chi connectivity index (χ1) is 6.72. The van der Waals surface area contributed by atoms with Crippen molar-refractivity contribution < 1.29 is 0 Å². The summed E-state index contributed by atoms with van der Waals surface area (Å²) in [4.78, 5) is 3.45. The molecule has 0 spiro atoms. The van der Waals surface area contributed by atoms with Crippen LogP contribution in [-0.2, 0) is 0 Å². The first-order valence-electron chi connectivity index (χ1n) is 4.98. The normalized spacial score (nSPS) is 13.4. The van der Waals surface area contributed by atoms with Crippen LogP contribution in [0.3, 0.4) is 0 Å². The van der Waals surface area contributed by atoms with Gasteiger partial charge in [0.15, 0.2) is 0 Å². The number of rotatable bonds is 2. The molecule has 0 fully saturated rings. The van der Waals surface area contributed by atoms with E-state index < -0.39 is 0 Å². The van der Waals surface area contributed by atoms with Gasteiger partial charge in [0.2, 0.25) is 0 Å². The summed E-state index contributed by atoms with van der Waals surface area (Å²) in [7, 11) is 1.98. The van der Waals surface area contributed by atoms with Gasteiger partial charge in [-0.3, -0.25) is 0 Å². The molecule has 0 saturated heterocycles. The van der Waals surface area contributed by atoms with E-state index in [-0.39, 0.29) is 0 Å². The van der Waals surface area contributed by atoms with Crippen LogP contribution in [0.5, 0.6) is 0 Å². The van der Waals surface area contributed by atoms with Crippen molar-refractivity contribution in [2.75, 3.05) is 7.05 Å². The van der Waals surface area contributed by atoms with Gasteiger partial charge in [-0.1, -0.05) is 18.2 Å². The summed E-state index contributed by atoms with van der Waals surface area (Å²) < 4.78 is 0. The number of benzene rings is 1. The van der Waals surface area contributed by atoms with E-state index in [1.54, 1.807) is 0 Å². The zero-order valence-corrected chi connectivity index (χ0v) is 8.89. The first kappa shape index (κ1) is 9.28. The van der Waals surface area contributed by atoms with E-state index in [9.17, 15) is 0 Å². The monoisotopic (exact) mass is 188 g/mol. The summed E-state index contributed by atoms with van der Waals surface area (Å²) in [6.45, 7) is 4.28.